The van der Waals surface area contributed by atoms with Crippen molar-refractivity contribution >= 4 is 21.6 Å². The summed E-state index contributed by atoms with van der Waals surface area (Å²) in [5.41, 5.74) is 1.87. The Balaban J connectivity index is 2.39. The molecule has 0 spiro atoms. The molecular formula is C15H19BrN2. The number of anilines is 1. The standard InChI is InChI=1S/C15H19BrN2/c1-2-12-7-4-3-5-10-18(12)15-9-6-8-14(16)13(15)11-17/h6,8-9,12H,2-5,7,10H2,1H3. The number of nitriles is 1. The van der Waals surface area contributed by atoms with Gasteiger partial charge in [-0.3, -0.25) is 0 Å². The van der Waals surface area contributed by atoms with Crippen LogP contribution in [0.3, 0.4) is 0 Å². The van der Waals surface area contributed by atoms with Crippen LogP contribution in [0.25, 0.3) is 0 Å². The van der Waals surface area contributed by atoms with Crippen molar-refractivity contribution in [2.45, 2.75) is 45.1 Å². The first kappa shape index (κ1) is 13.4. The van der Waals surface area contributed by atoms with Gasteiger partial charge in [0.2, 0.25) is 0 Å². The van der Waals surface area contributed by atoms with Gasteiger partial charge < -0.3 is 4.90 Å². The van der Waals surface area contributed by atoms with Crippen molar-refractivity contribution in [3.8, 4) is 6.07 Å². The lowest BCUT2D eigenvalue weighted by molar-refractivity contribution is 0.556. The average Bonchev–Trinajstić information content (AvgIpc) is 2.63. The van der Waals surface area contributed by atoms with Crippen molar-refractivity contribution in [2.24, 2.45) is 0 Å². The maximum absolute atomic E-state index is 9.35. The number of hydrogen-bond acceptors (Lipinski definition) is 2. The first-order valence-corrected chi connectivity index (χ1v) is 7.52. The zero-order valence-electron chi connectivity index (χ0n) is 10.8. The van der Waals surface area contributed by atoms with Crippen LogP contribution in [0, 0.1) is 11.3 Å². The topological polar surface area (TPSA) is 27.0 Å². The van der Waals surface area contributed by atoms with Crippen LogP contribution in [0.5, 0.6) is 0 Å². The summed E-state index contributed by atoms with van der Waals surface area (Å²) >= 11 is 3.49. The molecule has 0 amide bonds. The fourth-order valence-electron chi connectivity index (χ4n) is 2.78. The van der Waals surface area contributed by atoms with Crippen LogP contribution in [0.4, 0.5) is 5.69 Å². The molecule has 0 aliphatic carbocycles. The highest BCUT2D eigenvalue weighted by Crippen LogP contribution is 2.32. The molecule has 0 N–H and O–H groups in total. The van der Waals surface area contributed by atoms with Crippen molar-refractivity contribution in [1.82, 2.24) is 0 Å². The van der Waals surface area contributed by atoms with E-state index in [0.29, 0.717) is 6.04 Å². The van der Waals surface area contributed by atoms with Gasteiger partial charge in [-0.05, 0) is 47.3 Å². The van der Waals surface area contributed by atoms with Crippen molar-refractivity contribution in [3.05, 3.63) is 28.2 Å². The zero-order chi connectivity index (χ0) is 13.0. The molecule has 1 aromatic rings. The van der Waals surface area contributed by atoms with E-state index in [-0.39, 0.29) is 0 Å². The molecule has 1 unspecified atom stereocenters. The summed E-state index contributed by atoms with van der Waals surface area (Å²) in [5, 5.41) is 9.35. The van der Waals surface area contributed by atoms with Gasteiger partial charge in [0.25, 0.3) is 0 Å². The Morgan fingerprint density at radius 1 is 1.39 bits per heavy atom. The lowest BCUT2D eigenvalue weighted by atomic mass is 10.1. The van der Waals surface area contributed by atoms with Crippen molar-refractivity contribution < 1.29 is 0 Å². The fraction of sp³-hybridized carbons (Fsp3) is 0.533. The minimum absolute atomic E-state index is 0.578. The Bertz CT molecular complexity index is 450. The van der Waals surface area contributed by atoms with Gasteiger partial charge in [0, 0.05) is 17.1 Å². The Morgan fingerprint density at radius 2 is 2.22 bits per heavy atom. The van der Waals surface area contributed by atoms with Gasteiger partial charge in [-0.2, -0.15) is 5.26 Å². The molecule has 0 aromatic heterocycles. The fourth-order valence-corrected chi connectivity index (χ4v) is 3.23. The van der Waals surface area contributed by atoms with Gasteiger partial charge in [-0.15, -0.1) is 0 Å². The molecule has 2 nitrogen and oxygen atoms in total. The van der Waals surface area contributed by atoms with E-state index in [0.717, 1.165) is 28.7 Å². The van der Waals surface area contributed by atoms with Gasteiger partial charge >= 0.3 is 0 Å². The third-order valence-electron chi connectivity index (χ3n) is 3.76. The van der Waals surface area contributed by atoms with E-state index < -0.39 is 0 Å². The molecule has 96 valence electrons. The molecule has 1 heterocycles. The number of benzene rings is 1. The summed E-state index contributed by atoms with van der Waals surface area (Å²) < 4.78 is 0.904. The second kappa shape index (κ2) is 6.24. The highest BCUT2D eigenvalue weighted by molar-refractivity contribution is 9.10. The van der Waals surface area contributed by atoms with Gasteiger partial charge in [-0.1, -0.05) is 25.8 Å². The molecule has 1 aromatic carbocycles. The highest BCUT2D eigenvalue weighted by Gasteiger charge is 2.22. The summed E-state index contributed by atoms with van der Waals surface area (Å²) in [4.78, 5) is 2.44. The van der Waals surface area contributed by atoms with Crippen molar-refractivity contribution in [3.63, 3.8) is 0 Å². The van der Waals surface area contributed by atoms with Gasteiger partial charge in [-0.25, -0.2) is 0 Å². The maximum atomic E-state index is 9.35. The lowest BCUT2D eigenvalue weighted by Crippen LogP contribution is -2.34. The summed E-state index contributed by atoms with van der Waals surface area (Å²) in [6.07, 6.45) is 6.24. The van der Waals surface area contributed by atoms with Crippen LogP contribution in [-0.2, 0) is 0 Å². The van der Waals surface area contributed by atoms with Crippen LogP contribution in [0.15, 0.2) is 22.7 Å². The Kier molecular flexibility index (Phi) is 4.66. The summed E-state index contributed by atoms with van der Waals surface area (Å²) in [5.74, 6) is 0. The molecule has 1 saturated heterocycles. The largest absolute Gasteiger partial charge is 0.367 e. The third-order valence-corrected chi connectivity index (χ3v) is 4.42. The smallest absolute Gasteiger partial charge is 0.103 e. The van der Waals surface area contributed by atoms with E-state index in [4.69, 9.17) is 0 Å². The molecule has 0 saturated carbocycles. The average molecular weight is 307 g/mol. The van der Waals surface area contributed by atoms with E-state index in [1.165, 1.54) is 25.7 Å². The van der Waals surface area contributed by atoms with E-state index in [2.05, 4.69) is 39.9 Å². The molecule has 0 bridgehead atoms. The van der Waals surface area contributed by atoms with Crippen LogP contribution < -0.4 is 4.90 Å². The molecular weight excluding hydrogens is 288 g/mol. The molecule has 1 atom stereocenters. The summed E-state index contributed by atoms with van der Waals surface area (Å²) in [7, 11) is 0. The van der Waals surface area contributed by atoms with Crippen LogP contribution in [0.1, 0.15) is 44.6 Å². The van der Waals surface area contributed by atoms with E-state index in [1.807, 2.05) is 12.1 Å². The molecule has 2 rings (SSSR count). The SMILES string of the molecule is CCC1CCCCCN1c1cccc(Br)c1C#N. The molecule has 3 heteroatoms. The summed E-state index contributed by atoms with van der Waals surface area (Å²) in [6.45, 7) is 3.32. The molecule has 1 aliphatic rings. The number of hydrogen-bond donors (Lipinski definition) is 0. The zero-order valence-corrected chi connectivity index (χ0v) is 12.4. The van der Waals surface area contributed by atoms with Gasteiger partial charge in [0.15, 0.2) is 0 Å². The van der Waals surface area contributed by atoms with Crippen LogP contribution >= 0.6 is 15.9 Å². The quantitative estimate of drug-likeness (QED) is 0.805. The monoisotopic (exact) mass is 306 g/mol. The normalized spacial score (nSPS) is 20.3. The first-order chi connectivity index (χ1) is 8.77. The molecule has 18 heavy (non-hydrogen) atoms. The molecule has 1 fully saturated rings. The maximum Gasteiger partial charge on any atom is 0.103 e. The number of halogens is 1. The second-order valence-electron chi connectivity index (χ2n) is 4.85. The lowest BCUT2D eigenvalue weighted by Gasteiger charge is -2.32. The first-order valence-electron chi connectivity index (χ1n) is 6.73. The van der Waals surface area contributed by atoms with Gasteiger partial charge in [0.05, 0.1) is 11.3 Å². The number of rotatable bonds is 2. The highest BCUT2D eigenvalue weighted by atomic mass is 79.9. The van der Waals surface area contributed by atoms with E-state index in [1.54, 1.807) is 0 Å². The summed E-state index contributed by atoms with van der Waals surface area (Å²) in [6, 6.07) is 8.97. The van der Waals surface area contributed by atoms with E-state index >= 15 is 0 Å². The Labute approximate surface area is 118 Å². The minimum Gasteiger partial charge on any atom is -0.367 e. The van der Waals surface area contributed by atoms with Crippen molar-refractivity contribution in [2.75, 3.05) is 11.4 Å². The van der Waals surface area contributed by atoms with Crippen LogP contribution in [0.2, 0.25) is 0 Å². The third kappa shape index (κ3) is 2.70. The van der Waals surface area contributed by atoms with Crippen LogP contribution in [-0.4, -0.2) is 12.6 Å². The molecule has 1 aliphatic heterocycles. The second-order valence-corrected chi connectivity index (χ2v) is 5.70. The molecule has 0 radical (unpaired) electrons. The predicted octanol–water partition coefficient (Wildman–Crippen LogP) is 4.48. The Morgan fingerprint density at radius 3 is 2.94 bits per heavy atom. The minimum atomic E-state index is 0.578. The van der Waals surface area contributed by atoms with Crippen molar-refractivity contribution in [1.29, 1.82) is 5.26 Å². The Hall–Kier alpha value is -1.01. The number of nitrogens with zero attached hydrogens (tertiary/aromatic N) is 2. The van der Waals surface area contributed by atoms with E-state index in [9.17, 15) is 5.26 Å². The predicted molar refractivity (Wildman–Crippen MR) is 78.8 cm³/mol. The van der Waals surface area contributed by atoms with Gasteiger partial charge in [0.1, 0.15) is 6.07 Å².